The molecule has 8 heavy (non-hydrogen) atoms. The summed E-state index contributed by atoms with van der Waals surface area (Å²) in [6.45, 7) is -1.58. The lowest BCUT2D eigenvalue weighted by Crippen LogP contribution is -2.11. The molecular formula is C4H8F2O2. The van der Waals surface area contributed by atoms with E-state index in [2.05, 4.69) is 4.74 Å². The highest BCUT2D eigenvalue weighted by Gasteiger charge is 2.02. The number of hydrogen-bond donors (Lipinski definition) is 1. The van der Waals surface area contributed by atoms with E-state index in [0.717, 1.165) is 0 Å². The maximum absolute atomic E-state index is 11.6. The fraction of sp³-hybridized carbons (Fsp3) is 1.00. The van der Waals surface area contributed by atoms with Crippen LogP contribution in [0.1, 0.15) is 0 Å². The van der Waals surface area contributed by atoms with Crippen LogP contribution in [0.2, 0.25) is 0 Å². The number of halogens is 2. The monoisotopic (exact) mass is 126 g/mol. The zero-order valence-electron chi connectivity index (χ0n) is 4.31. The molecular weight excluding hydrogens is 118 g/mol. The molecule has 1 atom stereocenters. The first-order chi connectivity index (χ1) is 3.81. The Morgan fingerprint density at radius 1 is 1.62 bits per heavy atom. The van der Waals surface area contributed by atoms with Crippen LogP contribution in [-0.4, -0.2) is 31.4 Å². The van der Waals surface area contributed by atoms with Gasteiger partial charge in [0.25, 0.3) is 0 Å². The molecule has 0 bridgehead atoms. The summed E-state index contributed by atoms with van der Waals surface area (Å²) in [5, 5.41) is 8.00. The highest BCUT2D eigenvalue weighted by molar-refractivity contribution is 4.33. The second-order valence-corrected chi connectivity index (χ2v) is 1.16. The zero-order valence-corrected chi connectivity index (χ0v) is 4.31. The van der Waals surface area contributed by atoms with Gasteiger partial charge in [-0.15, -0.1) is 0 Å². The Labute approximate surface area is 46.1 Å². The van der Waals surface area contributed by atoms with Crippen LogP contribution in [-0.2, 0) is 4.74 Å². The number of alkyl halides is 2. The molecule has 0 aliphatic carbocycles. The third kappa shape index (κ3) is 3.95. The molecule has 0 saturated heterocycles. The third-order valence-corrected chi connectivity index (χ3v) is 0.511. The van der Waals surface area contributed by atoms with Gasteiger partial charge in [-0.1, -0.05) is 0 Å². The van der Waals surface area contributed by atoms with E-state index in [4.69, 9.17) is 5.11 Å². The molecule has 0 radical (unpaired) electrons. The lowest BCUT2D eigenvalue weighted by atomic mass is 10.7. The summed E-state index contributed by atoms with van der Waals surface area (Å²) in [6, 6.07) is 0. The Morgan fingerprint density at radius 3 is 2.62 bits per heavy atom. The van der Waals surface area contributed by atoms with Gasteiger partial charge in [0.2, 0.25) is 6.36 Å². The summed E-state index contributed by atoms with van der Waals surface area (Å²) in [5.41, 5.74) is 0. The van der Waals surface area contributed by atoms with E-state index >= 15 is 0 Å². The molecule has 0 aromatic heterocycles. The van der Waals surface area contributed by atoms with E-state index in [-0.39, 0.29) is 13.2 Å². The van der Waals surface area contributed by atoms with Gasteiger partial charge in [0.05, 0.1) is 13.2 Å². The fourth-order valence-electron chi connectivity index (χ4n) is 0.225. The van der Waals surface area contributed by atoms with E-state index in [1.165, 1.54) is 0 Å². The average Bonchev–Trinajstić information content (AvgIpc) is 1.83. The molecule has 0 aromatic rings. The van der Waals surface area contributed by atoms with Crippen LogP contribution in [0, 0.1) is 0 Å². The van der Waals surface area contributed by atoms with Crippen LogP contribution >= 0.6 is 0 Å². The minimum absolute atomic E-state index is 0.148. The van der Waals surface area contributed by atoms with Gasteiger partial charge in [0.1, 0.15) is 6.67 Å². The highest BCUT2D eigenvalue weighted by atomic mass is 19.2. The molecule has 1 unspecified atom stereocenters. The normalized spacial score (nSPS) is 13.9. The molecule has 0 rings (SSSR count). The average molecular weight is 126 g/mol. The first kappa shape index (κ1) is 7.78. The van der Waals surface area contributed by atoms with Gasteiger partial charge in [0, 0.05) is 0 Å². The third-order valence-electron chi connectivity index (χ3n) is 0.511. The van der Waals surface area contributed by atoms with Crippen LogP contribution in [0.3, 0.4) is 0 Å². The number of aliphatic hydroxyl groups excluding tert-OH is 1. The predicted molar refractivity (Wildman–Crippen MR) is 23.9 cm³/mol. The van der Waals surface area contributed by atoms with Crippen molar-refractivity contribution in [2.24, 2.45) is 0 Å². The second kappa shape index (κ2) is 4.93. The van der Waals surface area contributed by atoms with Crippen molar-refractivity contribution in [3.63, 3.8) is 0 Å². The van der Waals surface area contributed by atoms with E-state index in [1.54, 1.807) is 0 Å². The summed E-state index contributed by atoms with van der Waals surface area (Å²) in [5.74, 6) is 0. The van der Waals surface area contributed by atoms with Crippen molar-refractivity contribution >= 4 is 0 Å². The molecule has 50 valence electrons. The van der Waals surface area contributed by atoms with Crippen molar-refractivity contribution in [2.75, 3.05) is 19.9 Å². The molecule has 0 aliphatic heterocycles. The number of aliphatic hydroxyl groups is 1. The molecule has 4 heteroatoms. The van der Waals surface area contributed by atoms with E-state index < -0.39 is 13.0 Å². The van der Waals surface area contributed by atoms with Crippen molar-refractivity contribution in [1.82, 2.24) is 0 Å². The molecule has 0 heterocycles. The van der Waals surface area contributed by atoms with Gasteiger partial charge >= 0.3 is 0 Å². The topological polar surface area (TPSA) is 29.5 Å². The summed E-state index contributed by atoms with van der Waals surface area (Å²) in [7, 11) is 0. The molecule has 0 spiro atoms. The molecule has 0 fully saturated rings. The SMILES string of the molecule is OCCOC(F)CF. The van der Waals surface area contributed by atoms with Gasteiger partial charge < -0.3 is 9.84 Å². The number of hydrogen-bond acceptors (Lipinski definition) is 2. The smallest absolute Gasteiger partial charge is 0.227 e. The Morgan fingerprint density at radius 2 is 2.25 bits per heavy atom. The summed E-state index contributed by atoms with van der Waals surface area (Å²) in [4.78, 5) is 0. The van der Waals surface area contributed by atoms with Crippen LogP contribution in [0.15, 0.2) is 0 Å². The van der Waals surface area contributed by atoms with Crippen molar-refractivity contribution < 1.29 is 18.6 Å². The van der Waals surface area contributed by atoms with Crippen molar-refractivity contribution in [2.45, 2.75) is 6.36 Å². The first-order valence-corrected chi connectivity index (χ1v) is 2.23. The van der Waals surface area contributed by atoms with E-state index in [1.807, 2.05) is 0 Å². The largest absolute Gasteiger partial charge is 0.394 e. The molecule has 0 aromatic carbocycles. The van der Waals surface area contributed by atoms with E-state index in [0.29, 0.717) is 0 Å². The molecule has 0 saturated carbocycles. The quantitative estimate of drug-likeness (QED) is 0.585. The summed E-state index contributed by atoms with van der Waals surface area (Å²) >= 11 is 0. The second-order valence-electron chi connectivity index (χ2n) is 1.16. The van der Waals surface area contributed by atoms with Crippen LogP contribution in [0.4, 0.5) is 8.78 Å². The van der Waals surface area contributed by atoms with Gasteiger partial charge in [-0.25, -0.2) is 8.78 Å². The maximum Gasteiger partial charge on any atom is 0.227 e. The number of ether oxygens (including phenoxy) is 1. The summed E-state index contributed by atoms with van der Waals surface area (Å²) in [6.07, 6.45) is -1.87. The molecule has 1 N–H and O–H groups in total. The molecule has 2 nitrogen and oxygen atoms in total. The fourth-order valence-corrected chi connectivity index (χ4v) is 0.225. The van der Waals surface area contributed by atoms with Crippen molar-refractivity contribution in [1.29, 1.82) is 0 Å². The van der Waals surface area contributed by atoms with Gasteiger partial charge in [-0.3, -0.25) is 0 Å². The molecule has 0 amide bonds. The molecule has 0 aliphatic rings. The van der Waals surface area contributed by atoms with E-state index in [9.17, 15) is 8.78 Å². The van der Waals surface area contributed by atoms with Gasteiger partial charge in [-0.2, -0.15) is 0 Å². The van der Waals surface area contributed by atoms with Crippen LogP contribution in [0.25, 0.3) is 0 Å². The van der Waals surface area contributed by atoms with Gasteiger partial charge in [0.15, 0.2) is 0 Å². The zero-order chi connectivity index (χ0) is 6.41. The summed E-state index contributed by atoms with van der Waals surface area (Å²) < 4.78 is 26.8. The van der Waals surface area contributed by atoms with Crippen molar-refractivity contribution in [3.05, 3.63) is 0 Å². The lowest BCUT2D eigenvalue weighted by molar-refractivity contribution is -0.0625. The Bertz CT molecular complexity index is 51.3. The lowest BCUT2D eigenvalue weighted by Gasteiger charge is -2.01. The standard InChI is InChI=1S/C4H8F2O2/c5-3-4(6)8-2-1-7/h4,7H,1-3H2. The van der Waals surface area contributed by atoms with Crippen LogP contribution < -0.4 is 0 Å². The van der Waals surface area contributed by atoms with Crippen LogP contribution in [0.5, 0.6) is 0 Å². The Hall–Kier alpha value is -0.220. The minimum Gasteiger partial charge on any atom is -0.394 e. The Kier molecular flexibility index (Phi) is 4.79. The number of rotatable bonds is 4. The Balaban J connectivity index is 2.86. The van der Waals surface area contributed by atoms with Gasteiger partial charge in [-0.05, 0) is 0 Å². The highest BCUT2D eigenvalue weighted by Crippen LogP contribution is 1.92. The maximum atomic E-state index is 11.6. The first-order valence-electron chi connectivity index (χ1n) is 2.23. The minimum atomic E-state index is -1.87. The van der Waals surface area contributed by atoms with Crippen molar-refractivity contribution in [3.8, 4) is 0 Å². The predicted octanol–water partition coefficient (Wildman–Crippen LogP) is 0.260.